The Balaban J connectivity index is 1.81. The molecule has 1 aromatic heterocycles. The van der Waals surface area contributed by atoms with E-state index >= 15 is 0 Å². The molecule has 1 N–H and O–H groups in total. The van der Waals surface area contributed by atoms with E-state index in [9.17, 15) is 18.0 Å². The zero-order chi connectivity index (χ0) is 19.4. The lowest BCUT2D eigenvalue weighted by Gasteiger charge is -2.22. The Morgan fingerprint density at radius 3 is 2.63 bits per heavy atom. The molecular formula is C19H23N3O4S. The summed E-state index contributed by atoms with van der Waals surface area (Å²) >= 11 is 0. The van der Waals surface area contributed by atoms with Crippen molar-refractivity contribution >= 4 is 15.7 Å². The van der Waals surface area contributed by atoms with E-state index in [1.54, 1.807) is 25.1 Å². The summed E-state index contributed by atoms with van der Waals surface area (Å²) < 4.78 is 26.5. The van der Waals surface area contributed by atoms with E-state index in [1.165, 1.54) is 18.6 Å². The number of carbonyl (C=O) groups excluding carboxylic acids is 1. The van der Waals surface area contributed by atoms with Crippen molar-refractivity contribution in [2.24, 2.45) is 0 Å². The third kappa shape index (κ3) is 4.63. The van der Waals surface area contributed by atoms with Crippen molar-refractivity contribution in [1.29, 1.82) is 0 Å². The fourth-order valence-electron chi connectivity index (χ4n) is 3.25. The molecule has 0 radical (unpaired) electrons. The molecule has 8 heteroatoms. The van der Waals surface area contributed by atoms with Crippen LogP contribution in [0, 0.1) is 6.92 Å². The fraction of sp³-hybridized carbons (Fsp3) is 0.421. The summed E-state index contributed by atoms with van der Waals surface area (Å²) in [5, 5.41) is 6.59. The van der Waals surface area contributed by atoms with Crippen LogP contribution < -0.4 is 10.9 Å². The average molecular weight is 389 g/mol. The van der Waals surface area contributed by atoms with E-state index < -0.39 is 15.4 Å². The standard InChI is InChI=1S/C19H23N3O4S/c1-14-6-5-9-16(12-14)27(25,26)18-10-11-19(24)22(21-18)13-17(23)20-15-7-3-2-4-8-15/h5-6,9-12,15H,2-4,7-8,13H2,1H3,(H,20,23). The van der Waals surface area contributed by atoms with E-state index in [4.69, 9.17) is 0 Å². The zero-order valence-corrected chi connectivity index (χ0v) is 16.0. The monoisotopic (exact) mass is 389 g/mol. The lowest BCUT2D eigenvalue weighted by Crippen LogP contribution is -2.40. The Kier molecular flexibility index (Phi) is 5.74. The highest BCUT2D eigenvalue weighted by atomic mass is 32.2. The first-order valence-corrected chi connectivity index (χ1v) is 10.5. The maximum atomic E-state index is 12.8. The third-order valence-corrected chi connectivity index (χ3v) is 6.32. The van der Waals surface area contributed by atoms with Crippen LogP contribution in [0.15, 0.2) is 51.1 Å². The molecule has 2 aromatic rings. The molecule has 144 valence electrons. The quantitative estimate of drug-likeness (QED) is 0.841. The summed E-state index contributed by atoms with van der Waals surface area (Å²) in [6, 6.07) is 8.89. The Labute approximate surface area is 158 Å². The highest BCUT2D eigenvalue weighted by Gasteiger charge is 2.22. The highest BCUT2D eigenvalue weighted by molar-refractivity contribution is 7.91. The number of nitrogens with one attached hydrogen (secondary N) is 1. The van der Waals surface area contributed by atoms with Gasteiger partial charge >= 0.3 is 0 Å². The van der Waals surface area contributed by atoms with Gasteiger partial charge in [0.25, 0.3) is 5.56 Å². The first-order chi connectivity index (χ1) is 12.9. The first-order valence-electron chi connectivity index (χ1n) is 9.05. The number of sulfone groups is 1. The molecule has 1 fully saturated rings. The first kappa shape index (κ1) is 19.3. The van der Waals surface area contributed by atoms with Crippen LogP contribution in [0.1, 0.15) is 37.7 Å². The number of nitrogens with zero attached hydrogens (tertiary/aromatic N) is 2. The molecule has 0 bridgehead atoms. The minimum atomic E-state index is -3.87. The number of aryl methyl sites for hydroxylation is 1. The Hall–Kier alpha value is -2.48. The molecule has 0 unspecified atom stereocenters. The number of hydrogen-bond donors (Lipinski definition) is 1. The molecule has 1 saturated carbocycles. The van der Waals surface area contributed by atoms with Gasteiger partial charge in [-0.2, -0.15) is 5.10 Å². The van der Waals surface area contributed by atoms with E-state index in [0.717, 1.165) is 42.0 Å². The highest BCUT2D eigenvalue weighted by Crippen LogP contribution is 2.19. The molecule has 3 rings (SSSR count). The Morgan fingerprint density at radius 1 is 1.19 bits per heavy atom. The Morgan fingerprint density at radius 2 is 1.93 bits per heavy atom. The molecule has 1 heterocycles. The van der Waals surface area contributed by atoms with Crippen molar-refractivity contribution in [3.63, 3.8) is 0 Å². The summed E-state index contributed by atoms with van der Waals surface area (Å²) in [5.41, 5.74) is 0.285. The van der Waals surface area contributed by atoms with Gasteiger partial charge < -0.3 is 5.32 Å². The minimum Gasteiger partial charge on any atom is -0.352 e. The SMILES string of the molecule is Cc1cccc(S(=O)(=O)c2ccc(=O)n(CC(=O)NC3CCCCC3)n2)c1. The van der Waals surface area contributed by atoms with Gasteiger partial charge in [-0.15, -0.1) is 0 Å². The second-order valence-electron chi connectivity index (χ2n) is 6.89. The van der Waals surface area contributed by atoms with Gasteiger partial charge in [0.2, 0.25) is 15.7 Å². The van der Waals surface area contributed by atoms with Crippen LogP contribution in [-0.4, -0.2) is 30.1 Å². The average Bonchev–Trinajstić information content (AvgIpc) is 2.64. The van der Waals surface area contributed by atoms with Crippen LogP contribution in [0.25, 0.3) is 0 Å². The second-order valence-corrected chi connectivity index (χ2v) is 8.79. The molecular weight excluding hydrogens is 366 g/mol. The topological polar surface area (TPSA) is 98.1 Å². The number of hydrogen-bond acceptors (Lipinski definition) is 5. The van der Waals surface area contributed by atoms with Crippen LogP contribution in [0.4, 0.5) is 0 Å². The van der Waals surface area contributed by atoms with E-state index in [2.05, 4.69) is 10.4 Å². The molecule has 0 spiro atoms. The van der Waals surface area contributed by atoms with Crippen LogP contribution in [0.3, 0.4) is 0 Å². The largest absolute Gasteiger partial charge is 0.352 e. The molecule has 7 nitrogen and oxygen atoms in total. The third-order valence-electron chi connectivity index (χ3n) is 4.68. The van der Waals surface area contributed by atoms with Gasteiger partial charge in [-0.25, -0.2) is 13.1 Å². The van der Waals surface area contributed by atoms with E-state index in [-0.39, 0.29) is 28.4 Å². The van der Waals surface area contributed by atoms with Gasteiger partial charge in [-0.05, 0) is 43.5 Å². The molecule has 0 atom stereocenters. The Bertz CT molecular complexity index is 992. The van der Waals surface area contributed by atoms with Gasteiger partial charge in [-0.3, -0.25) is 9.59 Å². The number of amides is 1. The zero-order valence-electron chi connectivity index (χ0n) is 15.2. The van der Waals surface area contributed by atoms with Crippen molar-refractivity contribution in [2.45, 2.75) is 61.5 Å². The second kappa shape index (κ2) is 8.04. The summed E-state index contributed by atoms with van der Waals surface area (Å²) in [6.07, 6.45) is 5.18. The van der Waals surface area contributed by atoms with Crippen LogP contribution in [-0.2, 0) is 21.2 Å². The summed E-state index contributed by atoms with van der Waals surface area (Å²) in [6.45, 7) is 1.50. The van der Waals surface area contributed by atoms with E-state index in [1.807, 2.05) is 0 Å². The number of rotatable bonds is 5. The predicted octanol–water partition coefficient (Wildman–Crippen LogP) is 1.83. The lowest BCUT2D eigenvalue weighted by atomic mass is 9.95. The summed E-state index contributed by atoms with van der Waals surface area (Å²) in [4.78, 5) is 24.4. The molecule has 0 saturated heterocycles. The normalized spacial score (nSPS) is 15.4. The van der Waals surface area contributed by atoms with Crippen molar-refractivity contribution in [3.05, 3.63) is 52.3 Å². The molecule has 1 aromatic carbocycles. The summed E-state index contributed by atoms with van der Waals surface area (Å²) in [5.74, 6) is -0.332. The fourth-order valence-corrected chi connectivity index (χ4v) is 4.54. The van der Waals surface area contributed by atoms with Gasteiger partial charge in [0.15, 0.2) is 5.03 Å². The molecule has 1 aliphatic carbocycles. The maximum Gasteiger partial charge on any atom is 0.267 e. The number of benzene rings is 1. The minimum absolute atomic E-state index is 0.104. The summed E-state index contributed by atoms with van der Waals surface area (Å²) in [7, 11) is -3.87. The molecule has 1 amide bonds. The van der Waals surface area contributed by atoms with Crippen molar-refractivity contribution in [1.82, 2.24) is 15.1 Å². The van der Waals surface area contributed by atoms with Crippen molar-refractivity contribution in [2.75, 3.05) is 0 Å². The molecule has 0 aliphatic heterocycles. The van der Waals surface area contributed by atoms with Gasteiger partial charge in [0, 0.05) is 12.1 Å². The van der Waals surface area contributed by atoms with Gasteiger partial charge in [-0.1, -0.05) is 31.4 Å². The smallest absolute Gasteiger partial charge is 0.267 e. The lowest BCUT2D eigenvalue weighted by molar-refractivity contribution is -0.122. The molecule has 1 aliphatic rings. The molecule has 27 heavy (non-hydrogen) atoms. The number of carbonyl (C=O) groups is 1. The van der Waals surface area contributed by atoms with Crippen LogP contribution >= 0.6 is 0 Å². The number of aromatic nitrogens is 2. The van der Waals surface area contributed by atoms with Gasteiger partial charge in [0.05, 0.1) is 4.90 Å². The van der Waals surface area contributed by atoms with Gasteiger partial charge in [0.1, 0.15) is 6.54 Å². The van der Waals surface area contributed by atoms with Crippen molar-refractivity contribution in [3.8, 4) is 0 Å². The van der Waals surface area contributed by atoms with Crippen molar-refractivity contribution < 1.29 is 13.2 Å². The van der Waals surface area contributed by atoms with Crippen LogP contribution in [0.5, 0.6) is 0 Å². The van der Waals surface area contributed by atoms with Crippen LogP contribution in [0.2, 0.25) is 0 Å². The predicted molar refractivity (Wildman–Crippen MR) is 100 cm³/mol. The van der Waals surface area contributed by atoms with E-state index in [0.29, 0.717) is 0 Å². The maximum absolute atomic E-state index is 12.8.